The van der Waals surface area contributed by atoms with Crippen molar-refractivity contribution in [2.75, 3.05) is 13.1 Å². The van der Waals surface area contributed by atoms with E-state index in [0.717, 1.165) is 32.4 Å². The van der Waals surface area contributed by atoms with E-state index >= 15 is 0 Å². The molecule has 0 atom stereocenters. The molecule has 0 aromatic heterocycles. The fourth-order valence-electron chi connectivity index (χ4n) is 2.17. The van der Waals surface area contributed by atoms with Crippen LogP contribution in [0.15, 0.2) is 42.0 Å². The van der Waals surface area contributed by atoms with Crippen LogP contribution >= 0.6 is 0 Å². The first-order chi connectivity index (χ1) is 8.25. The predicted octanol–water partition coefficient (Wildman–Crippen LogP) is 2.80. The SMILES string of the molecule is CC(=O)N1CC=C(CCc2ccccc2)CC1. The Morgan fingerprint density at radius 2 is 2.00 bits per heavy atom. The summed E-state index contributed by atoms with van der Waals surface area (Å²) in [7, 11) is 0. The summed E-state index contributed by atoms with van der Waals surface area (Å²) >= 11 is 0. The zero-order valence-electron chi connectivity index (χ0n) is 10.4. The van der Waals surface area contributed by atoms with Gasteiger partial charge < -0.3 is 4.90 Å². The van der Waals surface area contributed by atoms with E-state index in [9.17, 15) is 4.79 Å². The second-order valence-corrected chi connectivity index (χ2v) is 4.56. The van der Waals surface area contributed by atoms with E-state index in [1.807, 2.05) is 11.0 Å². The highest BCUT2D eigenvalue weighted by Crippen LogP contribution is 2.17. The van der Waals surface area contributed by atoms with Crippen molar-refractivity contribution in [2.45, 2.75) is 26.2 Å². The van der Waals surface area contributed by atoms with Crippen LogP contribution in [0.2, 0.25) is 0 Å². The molecular formula is C15H19NO. The third-order valence-electron chi connectivity index (χ3n) is 3.33. The average Bonchev–Trinajstić information content (AvgIpc) is 2.38. The first kappa shape index (κ1) is 11.9. The summed E-state index contributed by atoms with van der Waals surface area (Å²) in [6.45, 7) is 3.32. The number of rotatable bonds is 3. The summed E-state index contributed by atoms with van der Waals surface area (Å²) in [5, 5.41) is 0. The fraction of sp³-hybridized carbons (Fsp3) is 0.400. The van der Waals surface area contributed by atoms with Crippen LogP contribution in [0.25, 0.3) is 0 Å². The Morgan fingerprint density at radius 1 is 1.24 bits per heavy atom. The lowest BCUT2D eigenvalue weighted by Crippen LogP contribution is -2.32. The Hall–Kier alpha value is -1.57. The van der Waals surface area contributed by atoms with Crippen molar-refractivity contribution in [3.63, 3.8) is 0 Å². The maximum Gasteiger partial charge on any atom is 0.219 e. The molecular weight excluding hydrogens is 210 g/mol. The highest BCUT2D eigenvalue weighted by Gasteiger charge is 2.13. The van der Waals surface area contributed by atoms with Gasteiger partial charge in [0.25, 0.3) is 0 Å². The zero-order valence-corrected chi connectivity index (χ0v) is 10.4. The highest BCUT2D eigenvalue weighted by molar-refractivity contribution is 5.73. The van der Waals surface area contributed by atoms with Crippen molar-refractivity contribution in [3.8, 4) is 0 Å². The van der Waals surface area contributed by atoms with Gasteiger partial charge in [0.05, 0.1) is 0 Å². The van der Waals surface area contributed by atoms with Gasteiger partial charge in [0.2, 0.25) is 5.91 Å². The lowest BCUT2D eigenvalue weighted by molar-refractivity contribution is -0.128. The van der Waals surface area contributed by atoms with E-state index in [1.165, 1.54) is 11.1 Å². The third kappa shape index (κ3) is 3.45. The summed E-state index contributed by atoms with van der Waals surface area (Å²) in [5.74, 6) is 0.184. The van der Waals surface area contributed by atoms with E-state index in [-0.39, 0.29) is 5.91 Å². The van der Waals surface area contributed by atoms with Gasteiger partial charge in [-0.2, -0.15) is 0 Å². The number of amides is 1. The van der Waals surface area contributed by atoms with Crippen LogP contribution in [-0.4, -0.2) is 23.9 Å². The van der Waals surface area contributed by atoms with Gasteiger partial charge in [0.1, 0.15) is 0 Å². The Balaban J connectivity index is 1.83. The van der Waals surface area contributed by atoms with Crippen LogP contribution in [0.3, 0.4) is 0 Å². The average molecular weight is 229 g/mol. The second kappa shape index (κ2) is 5.67. The summed E-state index contributed by atoms with van der Waals surface area (Å²) < 4.78 is 0. The first-order valence-electron chi connectivity index (χ1n) is 6.23. The van der Waals surface area contributed by atoms with Gasteiger partial charge in [-0.3, -0.25) is 4.79 Å². The van der Waals surface area contributed by atoms with Crippen LogP contribution in [0, 0.1) is 0 Å². The number of carbonyl (C=O) groups excluding carboxylic acids is 1. The van der Waals surface area contributed by atoms with Gasteiger partial charge in [-0.25, -0.2) is 0 Å². The van der Waals surface area contributed by atoms with E-state index in [1.54, 1.807) is 6.92 Å². The molecule has 0 saturated heterocycles. The molecule has 0 aliphatic carbocycles. The van der Waals surface area contributed by atoms with E-state index in [0.29, 0.717) is 0 Å². The summed E-state index contributed by atoms with van der Waals surface area (Å²) in [6.07, 6.45) is 5.47. The molecule has 2 rings (SSSR count). The van der Waals surface area contributed by atoms with Gasteiger partial charge >= 0.3 is 0 Å². The summed E-state index contributed by atoms with van der Waals surface area (Å²) in [5.41, 5.74) is 2.88. The molecule has 1 amide bonds. The minimum atomic E-state index is 0.184. The summed E-state index contributed by atoms with van der Waals surface area (Å²) in [6, 6.07) is 10.6. The van der Waals surface area contributed by atoms with Crippen molar-refractivity contribution >= 4 is 5.91 Å². The molecule has 0 spiro atoms. The van der Waals surface area contributed by atoms with Crippen LogP contribution in [0.5, 0.6) is 0 Å². The van der Waals surface area contributed by atoms with Crippen molar-refractivity contribution in [3.05, 3.63) is 47.5 Å². The van der Waals surface area contributed by atoms with Gasteiger partial charge in [0, 0.05) is 20.0 Å². The van der Waals surface area contributed by atoms with Crippen LogP contribution < -0.4 is 0 Å². The number of nitrogens with zero attached hydrogens (tertiary/aromatic N) is 1. The fourth-order valence-corrected chi connectivity index (χ4v) is 2.17. The number of hydrogen-bond acceptors (Lipinski definition) is 1. The van der Waals surface area contributed by atoms with E-state index in [2.05, 4.69) is 30.3 Å². The normalized spacial score (nSPS) is 15.6. The molecule has 2 heteroatoms. The Labute approximate surface area is 103 Å². The van der Waals surface area contributed by atoms with Crippen LogP contribution in [0.4, 0.5) is 0 Å². The van der Waals surface area contributed by atoms with Gasteiger partial charge in [0.15, 0.2) is 0 Å². The minimum Gasteiger partial charge on any atom is -0.339 e. The largest absolute Gasteiger partial charge is 0.339 e. The Bertz CT molecular complexity index is 408. The van der Waals surface area contributed by atoms with Crippen molar-refractivity contribution in [2.24, 2.45) is 0 Å². The molecule has 2 nitrogen and oxygen atoms in total. The standard InChI is InChI=1S/C15H19NO/c1-13(17)16-11-9-15(10-12-16)8-7-14-5-3-2-4-6-14/h2-6,9H,7-8,10-12H2,1H3. The molecule has 17 heavy (non-hydrogen) atoms. The molecule has 1 aromatic rings. The Kier molecular flexibility index (Phi) is 3.97. The molecule has 0 N–H and O–H groups in total. The molecule has 90 valence electrons. The van der Waals surface area contributed by atoms with E-state index < -0.39 is 0 Å². The van der Waals surface area contributed by atoms with Crippen LogP contribution in [0.1, 0.15) is 25.3 Å². The smallest absolute Gasteiger partial charge is 0.219 e. The molecule has 1 heterocycles. The third-order valence-corrected chi connectivity index (χ3v) is 3.33. The van der Waals surface area contributed by atoms with Crippen molar-refractivity contribution in [1.82, 2.24) is 4.90 Å². The molecule has 1 aliphatic heterocycles. The number of hydrogen-bond donors (Lipinski definition) is 0. The van der Waals surface area contributed by atoms with Crippen molar-refractivity contribution < 1.29 is 4.79 Å². The van der Waals surface area contributed by atoms with E-state index in [4.69, 9.17) is 0 Å². The lowest BCUT2D eigenvalue weighted by Gasteiger charge is -2.25. The lowest BCUT2D eigenvalue weighted by atomic mass is 10.00. The quantitative estimate of drug-likeness (QED) is 0.730. The molecule has 0 bridgehead atoms. The van der Waals surface area contributed by atoms with Gasteiger partial charge in [-0.05, 0) is 24.8 Å². The zero-order chi connectivity index (χ0) is 12.1. The summed E-state index contributed by atoms with van der Waals surface area (Å²) in [4.78, 5) is 13.1. The topological polar surface area (TPSA) is 20.3 Å². The molecule has 0 radical (unpaired) electrons. The molecule has 1 aliphatic rings. The van der Waals surface area contributed by atoms with Crippen molar-refractivity contribution in [1.29, 1.82) is 0 Å². The van der Waals surface area contributed by atoms with Gasteiger partial charge in [-0.1, -0.05) is 42.0 Å². The van der Waals surface area contributed by atoms with Crippen LogP contribution in [-0.2, 0) is 11.2 Å². The number of aryl methyl sites for hydroxylation is 1. The molecule has 0 unspecified atom stereocenters. The highest BCUT2D eigenvalue weighted by atomic mass is 16.2. The predicted molar refractivity (Wildman–Crippen MR) is 69.7 cm³/mol. The first-order valence-corrected chi connectivity index (χ1v) is 6.23. The monoisotopic (exact) mass is 229 g/mol. The maximum absolute atomic E-state index is 11.2. The molecule has 1 aromatic carbocycles. The Morgan fingerprint density at radius 3 is 2.59 bits per heavy atom. The second-order valence-electron chi connectivity index (χ2n) is 4.56. The molecule has 0 saturated carbocycles. The number of benzene rings is 1. The maximum atomic E-state index is 11.2. The molecule has 0 fully saturated rings. The minimum absolute atomic E-state index is 0.184. The number of carbonyl (C=O) groups is 1. The van der Waals surface area contributed by atoms with Gasteiger partial charge in [-0.15, -0.1) is 0 Å².